The first-order chi connectivity index (χ1) is 56.9. The number of nitrogens with zero attached hydrogens (tertiary/aromatic N) is 8. The first kappa shape index (κ1) is 91.4. The SMILES string of the molecule is CC1(C)OB(c2ccc(OC3CCOCC3)c(C#N)c2)OC1(C)C.COc1cc(C(=O)N(C)C)ccc1-c1cc2ncc(Cl)c(-c3ccc(OC4CCOCC4)c(C#N)c3)c2o1.COc1cc(C(=O)N(C)C)ccc1-c1cc2ncc(Cl)c(Cl)c2o1.COc1cc(C(=O)N(C)C)ccc1B1OC(C)(C)C(C)(C)O1.Clc1cnc2cc(I)oc2c1Cl. The molecule has 4 aliphatic heterocycles. The third kappa shape index (κ3) is 20.7. The molecule has 0 unspecified atom stereocenters. The predicted octanol–water partition coefficient (Wildman–Crippen LogP) is 18.3. The molecule has 0 saturated carbocycles. The third-order valence-electron chi connectivity index (χ3n) is 20.9. The van der Waals surface area contributed by atoms with E-state index < -0.39 is 36.6 Å². The van der Waals surface area contributed by atoms with Gasteiger partial charge >= 0.3 is 14.2 Å². The highest BCUT2D eigenvalue weighted by Crippen LogP contribution is 2.45. The Balaban J connectivity index is 0.000000153. The van der Waals surface area contributed by atoms with Crippen molar-refractivity contribution in [2.45, 2.75) is 116 Å². The van der Waals surface area contributed by atoms with E-state index in [0.29, 0.717) is 170 Å². The topological polar surface area (TPSA) is 288 Å². The molecule has 33 heteroatoms. The van der Waals surface area contributed by atoms with E-state index in [1.54, 1.807) is 148 Å². The maximum absolute atomic E-state index is 12.4. The largest absolute Gasteiger partial charge is 0.498 e. The molecule has 120 heavy (non-hydrogen) atoms. The van der Waals surface area contributed by atoms with Gasteiger partial charge in [0.25, 0.3) is 17.7 Å². The number of fused-ring (bicyclic) bond motifs is 3. The number of carbonyl (C=O) groups excluding carboxylic acids is 3. The standard InChI is InChI=1S/C29H26ClN3O5.C18H24BNO4.C17H14Cl2N2O3.C16H24BNO4.C7H2Cl2INO/c1-33(2)29(34)18-4-6-21(25(13-18)35-3)26-14-23-28(38-26)27(22(30)16-32-23)17-5-7-24(19(12-17)15-31)37-20-8-10-36-11-9-20;1-17(2)18(3,4)24-19(23-17)14-5-6-16(13(11-14)12-20)22-15-7-9-21-10-8-15;1-21(2)17(22)9-4-5-10(13(6-9)23-3)14-7-12-16(24-14)15(19)11(18)8-20-12;1-15(2)16(3,4)22-17(21-15)12-9-8-11(10-13(12)20-7)14(19)18(5)6;8-3-2-11-4-1-5(10)12-7(4)6(3)9/h4-7,12-14,16,20H,8-11H2,1-3H3;5-6,11,15H,7-10H2,1-4H3;4-8H,1-3H3;8-10H,1-7H3;1-2H. The molecule has 4 aliphatic rings. The summed E-state index contributed by atoms with van der Waals surface area (Å²) in [5.74, 6) is 3.47. The summed E-state index contributed by atoms with van der Waals surface area (Å²) in [6, 6.07) is 36.5. The van der Waals surface area contributed by atoms with Crippen LogP contribution in [-0.2, 0) is 28.1 Å². The number of benzene rings is 5. The molecule has 3 amide bonds. The van der Waals surface area contributed by atoms with Gasteiger partial charge in [-0.2, -0.15) is 10.5 Å². The van der Waals surface area contributed by atoms with E-state index in [1.165, 1.54) is 34.2 Å². The number of hydrogen-bond donors (Lipinski definition) is 0. The van der Waals surface area contributed by atoms with E-state index in [2.05, 4.69) is 49.7 Å². The van der Waals surface area contributed by atoms with Crippen LogP contribution in [0.3, 0.4) is 0 Å². The van der Waals surface area contributed by atoms with Crippen molar-refractivity contribution in [1.82, 2.24) is 29.7 Å². The van der Waals surface area contributed by atoms with Crippen LogP contribution in [0.4, 0.5) is 0 Å². The molecule has 5 aromatic carbocycles. The van der Waals surface area contributed by atoms with E-state index in [-0.39, 0.29) is 29.9 Å². The summed E-state index contributed by atoms with van der Waals surface area (Å²) in [4.78, 5) is 53.8. The van der Waals surface area contributed by atoms with Crippen molar-refractivity contribution in [2.24, 2.45) is 0 Å². The maximum atomic E-state index is 12.4. The van der Waals surface area contributed by atoms with Crippen molar-refractivity contribution >= 4 is 157 Å². The highest BCUT2D eigenvalue weighted by Gasteiger charge is 2.53. The summed E-state index contributed by atoms with van der Waals surface area (Å²) < 4.78 is 81.6. The van der Waals surface area contributed by atoms with Gasteiger partial charge in [0.1, 0.15) is 91.2 Å². The van der Waals surface area contributed by atoms with Crippen LogP contribution in [0.15, 0.2) is 141 Å². The Bertz CT molecular complexity index is 5660. The van der Waals surface area contributed by atoms with Crippen LogP contribution in [-0.4, -0.2) is 186 Å². The molecule has 0 spiro atoms. The molecule has 0 bridgehead atoms. The Morgan fingerprint density at radius 1 is 0.458 bits per heavy atom. The molecule has 0 radical (unpaired) electrons. The minimum atomic E-state index is -0.511. The lowest BCUT2D eigenvalue weighted by Gasteiger charge is -2.32. The first-order valence-electron chi connectivity index (χ1n) is 38.1. The van der Waals surface area contributed by atoms with Gasteiger partial charge in [-0.25, -0.2) is 0 Å². The number of aromatic nitrogens is 3. The van der Waals surface area contributed by atoms with Crippen molar-refractivity contribution in [1.29, 1.82) is 10.5 Å². The normalized spacial score (nSPS) is 15.7. The Hall–Kier alpha value is -9.37. The number of nitriles is 2. The number of furan rings is 3. The molecular formula is C87H90B2Cl5IN8O17. The molecular weight excluding hydrogens is 1750 g/mol. The second-order valence-electron chi connectivity index (χ2n) is 30.8. The van der Waals surface area contributed by atoms with Gasteiger partial charge in [0.15, 0.2) is 20.5 Å². The summed E-state index contributed by atoms with van der Waals surface area (Å²) in [5, 5.41) is 21.2. The Morgan fingerprint density at radius 3 is 1.28 bits per heavy atom. The fourth-order valence-electron chi connectivity index (χ4n) is 12.8. The van der Waals surface area contributed by atoms with Crippen LogP contribution in [0.2, 0.25) is 25.1 Å². The zero-order valence-corrected chi connectivity index (χ0v) is 75.3. The average Bonchev–Trinajstić information content (AvgIpc) is 1.61. The van der Waals surface area contributed by atoms with Crippen molar-refractivity contribution in [3.8, 4) is 74.7 Å². The van der Waals surface area contributed by atoms with Gasteiger partial charge in [-0.3, -0.25) is 29.3 Å². The van der Waals surface area contributed by atoms with Crippen LogP contribution in [0.5, 0.6) is 28.7 Å². The van der Waals surface area contributed by atoms with Crippen LogP contribution in [0, 0.1) is 26.4 Å². The summed E-state index contributed by atoms with van der Waals surface area (Å²) >= 11 is 32.4. The van der Waals surface area contributed by atoms with Crippen LogP contribution < -0.4 is 34.6 Å². The van der Waals surface area contributed by atoms with Gasteiger partial charge in [-0.05, 0) is 162 Å². The summed E-state index contributed by atoms with van der Waals surface area (Å²) in [7, 11) is 13.9. The molecule has 628 valence electrons. The average molecular weight is 1850 g/mol. The van der Waals surface area contributed by atoms with Crippen molar-refractivity contribution in [3.05, 3.63) is 184 Å². The highest BCUT2D eigenvalue weighted by atomic mass is 127. The second-order valence-corrected chi connectivity index (χ2v) is 33.9. The highest BCUT2D eigenvalue weighted by molar-refractivity contribution is 14.1. The zero-order valence-electron chi connectivity index (χ0n) is 69.4. The number of methoxy groups -OCH3 is 3. The predicted molar refractivity (Wildman–Crippen MR) is 472 cm³/mol. The Kier molecular flexibility index (Phi) is 29.5. The lowest BCUT2D eigenvalue weighted by molar-refractivity contribution is 0.00578. The van der Waals surface area contributed by atoms with E-state index in [4.69, 9.17) is 123 Å². The monoisotopic (exact) mass is 1840 g/mol. The molecule has 0 N–H and O–H groups in total. The molecule has 0 aliphatic carbocycles. The lowest BCUT2D eigenvalue weighted by atomic mass is 9.78. The van der Waals surface area contributed by atoms with Gasteiger partial charge in [0.05, 0.1) is 107 Å². The Morgan fingerprint density at radius 2 is 0.842 bits per heavy atom. The van der Waals surface area contributed by atoms with E-state index in [1.807, 2.05) is 79.7 Å². The molecule has 6 aromatic heterocycles. The third-order valence-corrected chi connectivity index (χ3v) is 23.3. The molecule has 25 nitrogen and oxygen atoms in total. The number of rotatable bonds is 15. The quantitative estimate of drug-likeness (QED) is 0.0680. The minimum Gasteiger partial charge on any atom is -0.497 e. The summed E-state index contributed by atoms with van der Waals surface area (Å²) in [6.45, 7) is 18.8. The molecule has 11 aromatic rings. The number of carbonyl (C=O) groups is 3. The fraction of sp³-hybridized carbons (Fsp3) is 0.356. The molecule has 4 fully saturated rings. The number of hydrogen-bond acceptors (Lipinski definition) is 22. The van der Waals surface area contributed by atoms with Gasteiger partial charge < -0.3 is 79.7 Å². The van der Waals surface area contributed by atoms with E-state index in [9.17, 15) is 24.9 Å². The Labute approximate surface area is 735 Å². The second kappa shape index (κ2) is 38.8. The van der Waals surface area contributed by atoms with Crippen molar-refractivity contribution in [3.63, 3.8) is 0 Å². The van der Waals surface area contributed by atoms with Gasteiger partial charge in [-0.15, -0.1) is 0 Å². The maximum Gasteiger partial charge on any atom is 0.498 e. The van der Waals surface area contributed by atoms with Crippen molar-refractivity contribution in [2.75, 3.05) is 90.0 Å². The number of amides is 3. The van der Waals surface area contributed by atoms with Gasteiger partial charge in [0.2, 0.25) is 0 Å². The smallest absolute Gasteiger partial charge is 0.497 e. The zero-order chi connectivity index (χ0) is 87.0. The van der Waals surface area contributed by atoms with Crippen LogP contribution in [0.1, 0.15) is 123 Å². The fourth-order valence-corrected chi connectivity index (χ4v) is 14.2. The van der Waals surface area contributed by atoms with Crippen LogP contribution >= 0.6 is 80.6 Å². The first-order valence-corrected chi connectivity index (χ1v) is 41.1. The number of halogens is 6. The molecule has 15 rings (SSSR count). The van der Waals surface area contributed by atoms with Crippen LogP contribution in [0.25, 0.3) is 67.1 Å². The number of ether oxygens (including phenoxy) is 7. The van der Waals surface area contributed by atoms with E-state index in [0.717, 1.165) is 45.9 Å². The molecule has 10 heterocycles. The van der Waals surface area contributed by atoms with Gasteiger partial charge in [-0.1, -0.05) is 76.2 Å². The minimum absolute atomic E-state index is 0.0138. The molecule has 4 saturated heterocycles. The molecule has 0 atom stereocenters. The summed E-state index contributed by atoms with van der Waals surface area (Å²) in [6.07, 6.45) is 7.94. The van der Waals surface area contributed by atoms with Gasteiger partial charge in [0, 0.05) is 132 Å². The summed E-state index contributed by atoms with van der Waals surface area (Å²) in [5.41, 5.74) is 8.54. The van der Waals surface area contributed by atoms with E-state index >= 15 is 0 Å². The van der Waals surface area contributed by atoms with Crippen molar-refractivity contribution < 1.29 is 79.4 Å². The lowest BCUT2D eigenvalue weighted by Crippen LogP contribution is -2.41. The number of pyridine rings is 3.